The maximum absolute atomic E-state index is 14.9. The fourth-order valence-electron chi connectivity index (χ4n) is 6.06. The van der Waals surface area contributed by atoms with Crippen LogP contribution in [0.4, 0.5) is 22.0 Å². The molecule has 0 radical (unpaired) electrons. The van der Waals surface area contributed by atoms with Crippen LogP contribution in [0.3, 0.4) is 0 Å². The van der Waals surface area contributed by atoms with E-state index in [1.807, 2.05) is 4.90 Å². The van der Waals surface area contributed by atoms with Crippen molar-refractivity contribution >= 4 is 5.91 Å². The lowest BCUT2D eigenvalue weighted by Crippen LogP contribution is -2.53. The Labute approximate surface area is 230 Å². The Kier molecular flexibility index (Phi) is 8.38. The number of aliphatic hydroxyl groups is 1. The summed E-state index contributed by atoms with van der Waals surface area (Å²) in [6, 6.07) is 8.49. The monoisotopic (exact) mass is 566 g/mol. The molecule has 218 valence electrons. The van der Waals surface area contributed by atoms with Gasteiger partial charge in [0.1, 0.15) is 5.82 Å². The molecule has 2 saturated heterocycles. The van der Waals surface area contributed by atoms with Gasteiger partial charge in [-0.1, -0.05) is 18.6 Å². The van der Waals surface area contributed by atoms with Gasteiger partial charge in [0.25, 0.3) is 5.91 Å². The highest BCUT2D eigenvalue weighted by atomic mass is 19.4. The molecular formula is C30H35F5N2O3. The molecule has 2 aliphatic heterocycles. The number of β-amino-alcohol motifs (C(OH)–C–C–N with tert-alkyl or cyclic N) is 1. The van der Waals surface area contributed by atoms with E-state index in [-0.39, 0.29) is 49.8 Å². The fourth-order valence-corrected chi connectivity index (χ4v) is 6.06. The molecule has 3 fully saturated rings. The number of carbonyl (C=O) groups excluding carboxylic acids is 1. The van der Waals surface area contributed by atoms with E-state index in [1.165, 1.54) is 29.2 Å². The second kappa shape index (κ2) is 11.6. The fraction of sp³-hybridized carbons (Fsp3) is 0.567. The van der Waals surface area contributed by atoms with E-state index in [2.05, 4.69) is 0 Å². The van der Waals surface area contributed by atoms with Crippen molar-refractivity contribution in [2.75, 3.05) is 39.3 Å². The van der Waals surface area contributed by atoms with Crippen LogP contribution in [0.1, 0.15) is 55.3 Å². The molecule has 2 heterocycles. The van der Waals surface area contributed by atoms with Crippen LogP contribution in [0.25, 0.3) is 11.1 Å². The topological polar surface area (TPSA) is 53.0 Å². The van der Waals surface area contributed by atoms with Crippen LogP contribution >= 0.6 is 0 Å². The van der Waals surface area contributed by atoms with Gasteiger partial charge in [0, 0.05) is 19.6 Å². The van der Waals surface area contributed by atoms with E-state index < -0.39 is 35.2 Å². The first kappa shape index (κ1) is 28.8. The van der Waals surface area contributed by atoms with E-state index in [1.54, 1.807) is 12.1 Å². The number of alkyl halides is 3. The van der Waals surface area contributed by atoms with Crippen LogP contribution in [0.15, 0.2) is 36.4 Å². The van der Waals surface area contributed by atoms with Crippen LogP contribution in [-0.4, -0.2) is 72.4 Å². The first-order chi connectivity index (χ1) is 19.0. The lowest BCUT2D eigenvalue weighted by molar-refractivity contribution is -0.256. The molecule has 3 aliphatic rings. The van der Waals surface area contributed by atoms with E-state index in [0.717, 1.165) is 0 Å². The number of piperidine rings is 2. The zero-order chi connectivity index (χ0) is 28.5. The van der Waals surface area contributed by atoms with Gasteiger partial charge in [-0.05, 0) is 92.9 Å². The number of hydrogen-bond donors (Lipinski definition) is 1. The molecule has 5 rings (SSSR count). The number of amides is 1. The average Bonchev–Trinajstić information content (AvgIpc) is 2.89. The highest BCUT2D eigenvalue weighted by molar-refractivity contribution is 5.95. The first-order valence-electron chi connectivity index (χ1n) is 14.0. The number of likely N-dealkylation sites (tertiary alicyclic amines) is 2. The van der Waals surface area contributed by atoms with Gasteiger partial charge < -0.3 is 19.6 Å². The predicted molar refractivity (Wildman–Crippen MR) is 140 cm³/mol. The van der Waals surface area contributed by atoms with Crippen LogP contribution in [0.5, 0.6) is 5.75 Å². The highest BCUT2D eigenvalue weighted by Gasteiger charge is 2.58. The summed E-state index contributed by atoms with van der Waals surface area (Å²) < 4.78 is 75.9. The summed E-state index contributed by atoms with van der Waals surface area (Å²) in [4.78, 5) is 16.0. The Balaban J connectivity index is 1.14. The number of rotatable bonds is 7. The Morgan fingerprint density at radius 1 is 0.950 bits per heavy atom. The van der Waals surface area contributed by atoms with Crippen LogP contribution in [0.2, 0.25) is 0 Å². The second-order valence-electron chi connectivity index (χ2n) is 11.5. The second-order valence-corrected chi connectivity index (χ2v) is 11.5. The number of ether oxygens (including phenoxy) is 1. The lowest BCUT2D eigenvalue weighted by Gasteiger charge is -2.47. The molecule has 2 aromatic carbocycles. The molecule has 1 aliphatic carbocycles. The maximum atomic E-state index is 14.9. The van der Waals surface area contributed by atoms with Crippen molar-refractivity contribution in [2.24, 2.45) is 11.3 Å². The molecule has 0 spiro atoms. The van der Waals surface area contributed by atoms with E-state index in [9.17, 15) is 31.9 Å². The lowest BCUT2D eigenvalue weighted by atomic mass is 9.67. The molecule has 10 heteroatoms. The van der Waals surface area contributed by atoms with E-state index >= 15 is 0 Å². The van der Waals surface area contributed by atoms with Crippen LogP contribution in [-0.2, 0) is 0 Å². The van der Waals surface area contributed by atoms with Gasteiger partial charge in [-0.15, -0.1) is 0 Å². The molecule has 5 nitrogen and oxygen atoms in total. The number of benzene rings is 2. The minimum Gasteiger partial charge on any atom is -0.490 e. The molecule has 1 N–H and O–H groups in total. The summed E-state index contributed by atoms with van der Waals surface area (Å²) in [7, 11) is 0. The highest BCUT2D eigenvalue weighted by Crippen LogP contribution is 2.53. The van der Waals surface area contributed by atoms with Crippen molar-refractivity contribution in [1.29, 1.82) is 0 Å². The molecule has 1 atom stereocenters. The smallest absolute Gasteiger partial charge is 0.395 e. The first-order valence-corrected chi connectivity index (χ1v) is 14.0. The Bertz CT molecular complexity index is 1210. The summed E-state index contributed by atoms with van der Waals surface area (Å²) in [6.45, 7) is 2.08. The van der Waals surface area contributed by atoms with Crippen molar-refractivity contribution < 1.29 is 36.6 Å². The summed E-state index contributed by atoms with van der Waals surface area (Å²) >= 11 is 0. The van der Waals surface area contributed by atoms with Crippen LogP contribution in [0, 0.1) is 23.0 Å². The van der Waals surface area contributed by atoms with E-state index in [4.69, 9.17) is 4.74 Å². The van der Waals surface area contributed by atoms with Gasteiger partial charge in [-0.3, -0.25) is 4.79 Å². The molecule has 0 unspecified atom stereocenters. The maximum Gasteiger partial charge on any atom is 0.395 e. The van der Waals surface area contributed by atoms with Crippen molar-refractivity contribution in [3.8, 4) is 16.9 Å². The van der Waals surface area contributed by atoms with Crippen LogP contribution < -0.4 is 4.74 Å². The molecule has 1 saturated carbocycles. The number of hydrogen-bond acceptors (Lipinski definition) is 4. The minimum atomic E-state index is -4.17. The largest absolute Gasteiger partial charge is 0.490 e. The van der Waals surface area contributed by atoms with Gasteiger partial charge >= 0.3 is 6.18 Å². The summed E-state index contributed by atoms with van der Waals surface area (Å²) in [5, 5.41) is 9.81. The van der Waals surface area contributed by atoms with E-state index in [0.29, 0.717) is 62.9 Å². The normalized spacial score (nSPS) is 22.1. The van der Waals surface area contributed by atoms with Crippen molar-refractivity contribution in [1.82, 2.24) is 9.80 Å². The Morgan fingerprint density at radius 3 is 2.20 bits per heavy atom. The summed E-state index contributed by atoms with van der Waals surface area (Å²) in [5.41, 5.74) is -0.810. The third kappa shape index (κ3) is 6.12. The third-order valence-corrected chi connectivity index (χ3v) is 8.77. The minimum absolute atomic E-state index is 0.0529. The van der Waals surface area contributed by atoms with Crippen molar-refractivity contribution in [3.05, 3.63) is 53.6 Å². The van der Waals surface area contributed by atoms with Gasteiger partial charge in [-0.2, -0.15) is 13.2 Å². The van der Waals surface area contributed by atoms with Gasteiger partial charge in [0.15, 0.2) is 11.6 Å². The molecule has 1 amide bonds. The molecular weight excluding hydrogens is 531 g/mol. The molecule has 0 aromatic heterocycles. The number of aliphatic hydroxyl groups excluding tert-OH is 1. The SMILES string of the molecule is O=C(c1ccc(-c2ccc(OCC3CCN(CC4(C(F)(F)F)CCC4)CC3)c(F)c2)cc1F)N1CCC[C@@H](O)C1. The Hall–Kier alpha value is -2.72. The average molecular weight is 567 g/mol. The predicted octanol–water partition coefficient (Wildman–Crippen LogP) is 6.05. The summed E-state index contributed by atoms with van der Waals surface area (Å²) in [6.07, 6.45) is -1.11. The van der Waals surface area contributed by atoms with Gasteiger partial charge in [-0.25, -0.2) is 8.78 Å². The van der Waals surface area contributed by atoms with Gasteiger partial charge in [0.05, 0.1) is 23.7 Å². The van der Waals surface area contributed by atoms with Crippen molar-refractivity contribution in [2.45, 2.75) is 57.2 Å². The zero-order valence-electron chi connectivity index (χ0n) is 22.4. The molecule has 2 aromatic rings. The number of carbonyl (C=O) groups is 1. The molecule has 0 bridgehead atoms. The standard InChI is InChI=1S/C30H35F5N2O3/c31-25-15-21(4-6-24(25)28(39)37-12-1-3-23(38)17-37)22-5-7-27(26(32)16-22)40-18-20-8-13-36(14-9-20)19-29(10-2-11-29)30(33,34)35/h4-7,15-16,20,23,38H,1-3,8-14,17-19H2/t23-/m1/s1. The quantitative estimate of drug-likeness (QED) is 0.415. The Morgan fingerprint density at radius 2 is 1.62 bits per heavy atom. The molecule has 40 heavy (non-hydrogen) atoms. The summed E-state index contributed by atoms with van der Waals surface area (Å²) in [5.74, 6) is -1.61. The number of halogens is 5. The zero-order valence-corrected chi connectivity index (χ0v) is 22.4. The number of nitrogens with zero attached hydrogens (tertiary/aromatic N) is 2. The third-order valence-electron chi connectivity index (χ3n) is 8.77. The van der Waals surface area contributed by atoms with Gasteiger partial charge in [0.2, 0.25) is 0 Å². The van der Waals surface area contributed by atoms with Crippen molar-refractivity contribution in [3.63, 3.8) is 0 Å².